The summed E-state index contributed by atoms with van der Waals surface area (Å²) in [6.07, 6.45) is 0. The normalized spacial score (nSPS) is 11.2. The molecule has 8 aromatic rings. The van der Waals surface area contributed by atoms with Crippen LogP contribution in [0.3, 0.4) is 0 Å². The van der Waals surface area contributed by atoms with E-state index in [0.29, 0.717) is 11.4 Å². The minimum Gasteiger partial charge on any atom is -0.228 e. The Labute approximate surface area is 255 Å². The van der Waals surface area contributed by atoms with Crippen molar-refractivity contribution in [3.05, 3.63) is 157 Å². The number of rotatable bonds is 4. The van der Waals surface area contributed by atoms with Crippen LogP contribution in [0.4, 0.5) is 0 Å². The summed E-state index contributed by atoms with van der Waals surface area (Å²) in [5.74, 6) is 0.714. The molecule has 0 saturated carbocycles. The van der Waals surface area contributed by atoms with Crippen molar-refractivity contribution in [2.75, 3.05) is 0 Å². The Morgan fingerprint density at radius 3 is 1.75 bits per heavy atom. The number of para-hydroxylation sites is 1. The maximum atomic E-state index is 9.13. The average Bonchev–Trinajstić information content (AvgIpc) is 3.10. The number of hydrogen-bond donors (Lipinski definition) is 0. The molecular weight excluding hydrogens is 534 g/mol. The molecule has 1 heterocycles. The zero-order chi connectivity index (χ0) is 29.5. The molecule has 0 saturated heterocycles. The molecule has 0 aliphatic heterocycles. The second kappa shape index (κ2) is 10.6. The third kappa shape index (κ3) is 4.47. The van der Waals surface area contributed by atoms with Crippen LogP contribution in [-0.2, 0) is 0 Å². The standard InChI is InChI=1S/C41H25N3/c42-26-27-13-15-29(16-14-27)30-17-20-31(21-18-30)34-23-24-37(36-10-4-3-9-35(34)36)41-43-39-12-6-5-11-38(39)40(44-41)33-22-19-28-7-1-2-8-32(28)25-33/h1-25H. The first-order chi connectivity index (χ1) is 21.7. The molecule has 0 fully saturated rings. The quantitative estimate of drug-likeness (QED) is 0.215. The zero-order valence-electron chi connectivity index (χ0n) is 23.8. The number of hydrogen-bond acceptors (Lipinski definition) is 3. The molecule has 0 spiro atoms. The zero-order valence-corrected chi connectivity index (χ0v) is 23.8. The van der Waals surface area contributed by atoms with Crippen LogP contribution in [0.2, 0.25) is 0 Å². The van der Waals surface area contributed by atoms with Gasteiger partial charge in [-0.3, -0.25) is 0 Å². The molecule has 0 amide bonds. The highest BCUT2D eigenvalue weighted by molar-refractivity contribution is 6.05. The van der Waals surface area contributed by atoms with E-state index in [1.54, 1.807) is 0 Å². The Morgan fingerprint density at radius 2 is 1.00 bits per heavy atom. The van der Waals surface area contributed by atoms with Crippen molar-refractivity contribution >= 4 is 32.4 Å². The van der Waals surface area contributed by atoms with E-state index in [1.807, 2.05) is 36.4 Å². The van der Waals surface area contributed by atoms with E-state index in [9.17, 15) is 0 Å². The van der Waals surface area contributed by atoms with Gasteiger partial charge >= 0.3 is 0 Å². The van der Waals surface area contributed by atoms with Gasteiger partial charge in [0.2, 0.25) is 0 Å². The van der Waals surface area contributed by atoms with Crippen molar-refractivity contribution in [2.45, 2.75) is 0 Å². The number of fused-ring (bicyclic) bond motifs is 3. The van der Waals surface area contributed by atoms with Crippen LogP contribution in [0.25, 0.3) is 77.3 Å². The third-order valence-corrected chi connectivity index (χ3v) is 8.33. The van der Waals surface area contributed by atoms with E-state index >= 15 is 0 Å². The lowest BCUT2D eigenvalue weighted by Gasteiger charge is -2.14. The Bertz CT molecular complexity index is 2380. The van der Waals surface area contributed by atoms with E-state index in [1.165, 1.54) is 10.8 Å². The van der Waals surface area contributed by atoms with Gasteiger partial charge in [0.05, 0.1) is 22.8 Å². The maximum absolute atomic E-state index is 9.13. The van der Waals surface area contributed by atoms with Crippen molar-refractivity contribution in [2.24, 2.45) is 0 Å². The third-order valence-electron chi connectivity index (χ3n) is 8.33. The molecule has 0 atom stereocenters. The van der Waals surface area contributed by atoms with Crippen molar-refractivity contribution in [3.63, 3.8) is 0 Å². The van der Waals surface area contributed by atoms with E-state index in [0.717, 1.165) is 60.8 Å². The van der Waals surface area contributed by atoms with Crippen LogP contribution in [0, 0.1) is 11.3 Å². The minimum absolute atomic E-state index is 0.664. The molecule has 44 heavy (non-hydrogen) atoms. The van der Waals surface area contributed by atoms with Gasteiger partial charge in [-0.15, -0.1) is 0 Å². The molecule has 3 heteroatoms. The van der Waals surface area contributed by atoms with Crippen LogP contribution in [-0.4, -0.2) is 9.97 Å². The monoisotopic (exact) mass is 559 g/mol. The number of nitriles is 1. The minimum atomic E-state index is 0.664. The first kappa shape index (κ1) is 25.6. The summed E-state index contributed by atoms with van der Waals surface area (Å²) in [6, 6.07) is 54.6. The first-order valence-electron chi connectivity index (χ1n) is 14.6. The van der Waals surface area contributed by atoms with Gasteiger partial charge in [-0.05, 0) is 74.1 Å². The number of benzene rings is 7. The van der Waals surface area contributed by atoms with E-state index in [2.05, 4.69) is 121 Å². The maximum Gasteiger partial charge on any atom is 0.161 e. The molecule has 204 valence electrons. The van der Waals surface area contributed by atoms with E-state index in [4.69, 9.17) is 15.2 Å². The Balaban J connectivity index is 1.25. The van der Waals surface area contributed by atoms with Crippen LogP contribution >= 0.6 is 0 Å². The highest BCUT2D eigenvalue weighted by atomic mass is 14.9. The molecule has 0 aliphatic rings. The molecule has 0 radical (unpaired) electrons. The summed E-state index contributed by atoms with van der Waals surface area (Å²) in [5, 5.41) is 14.8. The number of nitrogens with zero attached hydrogens (tertiary/aromatic N) is 3. The number of aromatic nitrogens is 2. The summed E-state index contributed by atoms with van der Waals surface area (Å²) in [7, 11) is 0. The van der Waals surface area contributed by atoms with Gasteiger partial charge in [0.25, 0.3) is 0 Å². The molecule has 7 aromatic carbocycles. The van der Waals surface area contributed by atoms with Crippen LogP contribution in [0.15, 0.2) is 152 Å². The molecule has 0 unspecified atom stereocenters. The van der Waals surface area contributed by atoms with Gasteiger partial charge in [0, 0.05) is 16.5 Å². The summed E-state index contributed by atoms with van der Waals surface area (Å²) in [6.45, 7) is 0. The fourth-order valence-corrected chi connectivity index (χ4v) is 6.08. The summed E-state index contributed by atoms with van der Waals surface area (Å²) in [5.41, 5.74) is 9.11. The second-order valence-corrected chi connectivity index (χ2v) is 10.9. The Hall–Kier alpha value is -6.11. The highest BCUT2D eigenvalue weighted by Gasteiger charge is 2.15. The van der Waals surface area contributed by atoms with Gasteiger partial charge in [0.1, 0.15) is 0 Å². The van der Waals surface area contributed by atoms with Crippen LogP contribution < -0.4 is 0 Å². The van der Waals surface area contributed by atoms with Crippen LogP contribution in [0.5, 0.6) is 0 Å². The van der Waals surface area contributed by atoms with E-state index < -0.39 is 0 Å². The Kier molecular flexibility index (Phi) is 6.18. The van der Waals surface area contributed by atoms with Gasteiger partial charge in [-0.25, -0.2) is 9.97 Å². The Morgan fingerprint density at radius 1 is 0.432 bits per heavy atom. The fraction of sp³-hybridized carbons (Fsp3) is 0. The van der Waals surface area contributed by atoms with Crippen LogP contribution in [0.1, 0.15) is 5.56 Å². The van der Waals surface area contributed by atoms with E-state index in [-0.39, 0.29) is 0 Å². The van der Waals surface area contributed by atoms with Crippen molar-refractivity contribution < 1.29 is 0 Å². The van der Waals surface area contributed by atoms with Gasteiger partial charge in [-0.2, -0.15) is 5.26 Å². The van der Waals surface area contributed by atoms with Crippen molar-refractivity contribution in [1.82, 2.24) is 9.97 Å². The lowest BCUT2D eigenvalue weighted by Crippen LogP contribution is -1.96. The highest BCUT2D eigenvalue weighted by Crippen LogP contribution is 2.37. The predicted octanol–water partition coefficient (Wildman–Crippen LogP) is 10.5. The molecule has 3 nitrogen and oxygen atoms in total. The molecule has 0 N–H and O–H groups in total. The van der Waals surface area contributed by atoms with Crippen molar-refractivity contribution in [1.29, 1.82) is 5.26 Å². The average molecular weight is 560 g/mol. The van der Waals surface area contributed by atoms with Gasteiger partial charge in [-0.1, -0.05) is 121 Å². The fourth-order valence-electron chi connectivity index (χ4n) is 6.08. The lowest BCUT2D eigenvalue weighted by molar-refractivity contribution is 1.23. The molecule has 0 bridgehead atoms. The smallest absolute Gasteiger partial charge is 0.161 e. The van der Waals surface area contributed by atoms with Crippen molar-refractivity contribution in [3.8, 4) is 51.0 Å². The first-order valence-corrected chi connectivity index (χ1v) is 14.6. The second-order valence-electron chi connectivity index (χ2n) is 10.9. The summed E-state index contributed by atoms with van der Waals surface area (Å²) < 4.78 is 0. The summed E-state index contributed by atoms with van der Waals surface area (Å²) in [4.78, 5) is 10.3. The molecule has 8 rings (SSSR count). The largest absolute Gasteiger partial charge is 0.228 e. The molecular formula is C41H25N3. The summed E-state index contributed by atoms with van der Waals surface area (Å²) >= 11 is 0. The molecule has 1 aromatic heterocycles. The van der Waals surface area contributed by atoms with Gasteiger partial charge < -0.3 is 0 Å². The van der Waals surface area contributed by atoms with Gasteiger partial charge in [0.15, 0.2) is 5.82 Å². The SMILES string of the molecule is N#Cc1ccc(-c2ccc(-c3ccc(-c4nc(-c5ccc6ccccc6c5)c5ccccc5n4)c4ccccc34)cc2)cc1. The molecule has 0 aliphatic carbocycles. The predicted molar refractivity (Wildman–Crippen MR) is 181 cm³/mol. The topological polar surface area (TPSA) is 49.6 Å². The lowest BCUT2D eigenvalue weighted by atomic mass is 9.93.